The molecule has 0 saturated carbocycles. The summed E-state index contributed by atoms with van der Waals surface area (Å²) in [6.45, 7) is 2.89. The molecule has 3 heterocycles. The largest absolute Gasteiger partial charge is 0.380 e. The second kappa shape index (κ2) is 8.83. The van der Waals surface area contributed by atoms with Crippen LogP contribution < -0.4 is 16.2 Å². The molecule has 1 atom stereocenters. The van der Waals surface area contributed by atoms with Crippen LogP contribution in [-0.4, -0.2) is 47.2 Å². The Morgan fingerprint density at radius 2 is 2.26 bits per heavy atom. The SMILES string of the molecule is CCc1nc2ccc(CN3CC=C(C4C=CC(C(=O)NC)=CN4)CO3)c(F)c2[nH]c1=O. The van der Waals surface area contributed by atoms with E-state index in [0.29, 0.717) is 41.9 Å². The fourth-order valence-electron chi connectivity index (χ4n) is 3.58. The Bertz CT molecular complexity index is 1170. The van der Waals surface area contributed by atoms with Gasteiger partial charge in [-0.05, 0) is 24.1 Å². The molecule has 31 heavy (non-hydrogen) atoms. The van der Waals surface area contributed by atoms with Gasteiger partial charge in [0.15, 0.2) is 5.82 Å². The minimum atomic E-state index is -0.494. The molecular weight excluding hydrogens is 401 g/mol. The van der Waals surface area contributed by atoms with Gasteiger partial charge in [-0.3, -0.25) is 14.4 Å². The van der Waals surface area contributed by atoms with Crippen molar-refractivity contribution in [2.24, 2.45) is 0 Å². The summed E-state index contributed by atoms with van der Waals surface area (Å²) >= 11 is 0. The number of aryl methyl sites for hydroxylation is 1. The Morgan fingerprint density at radius 3 is 2.90 bits per heavy atom. The zero-order valence-electron chi connectivity index (χ0n) is 17.4. The number of carbonyl (C=O) groups excluding carboxylic acids is 1. The van der Waals surface area contributed by atoms with Crippen LogP contribution >= 0.6 is 0 Å². The highest BCUT2D eigenvalue weighted by Gasteiger charge is 2.22. The third kappa shape index (κ3) is 4.28. The summed E-state index contributed by atoms with van der Waals surface area (Å²) < 4.78 is 15.0. The molecule has 3 N–H and O–H groups in total. The number of dihydropyridines is 1. The number of aromatic amines is 1. The number of rotatable bonds is 5. The van der Waals surface area contributed by atoms with E-state index in [9.17, 15) is 14.0 Å². The lowest BCUT2D eigenvalue weighted by Gasteiger charge is -2.29. The molecule has 1 aromatic carbocycles. The quantitative estimate of drug-likeness (QED) is 0.628. The molecule has 0 radical (unpaired) electrons. The number of aromatic nitrogens is 2. The maximum absolute atomic E-state index is 15.0. The normalized spacial score (nSPS) is 19.0. The van der Waals surface area contributed by atoms with Gasteiger partial charge in [0.2, 0.25) is 0 Å². The standard InChI is InChI=1S/C22H24FN5O3/c1-3-16-22(30)27-20-18(26-16)7-5-14(19(20)23)11-28-9-8-15(12-31-28)17-6-4-13(10-25-17)21(29)24-2/h4-8,10,17,25H,3,9,11-12H2,1-2H3,(H,24,29)(H,27,30). The van der Waals surface area contributed by atoms with Crippen LogP contribution in [0.15, 0.2) is 52.5 Å². The third-order valence-corrected chi connectivity index (χ3v) is 5.38. The van der Waals surface area contributed by atoms with E-state index in [2.05, 4.69) is 20.6 Å². The van der Waals surface area contributed by atoms with Crippen molar-refractivity contribution in [2.75, 3.05) is 20.2 Å². The Kier molecular flexibility index (Phi) is 5.97. The second-order valence-electron chi connectivity index (χ2n) is 7.36. The van der Waals surface area contributed by atoms with E-state index >= 15 is 0 Å². The highest BCUT2D eigenvalue weighted by Crippen LogP contribution is 2.21. The molecule has 1 unspecified atom stereocenters. The highest BCUT2D eigenvalue weighted by molar-refractivity contribution is 5.96. The topological polar surface area (TPSA) is 99.3 Å². The van der Waals surface area contributed by atoms with E-state index in [-0.39, 0.29) is 29.6 Å². The average Bonchev–Trinajstić information content (AvgIpc) is 2.81. The van der Waals surface area contributed by atoms with Gasteiger partial charge in [-0.1, -0.05) is 25.1 Å². The lowest BCUT2D eigenvalue weighted by Crippen LogP contribution is -2.37. The first-order valence-electron chi connectivity index (χ1n) is 10.1. The summed E-state index contributed by atoms with van der Waals surface area (Å²) in [7, 11) is 1.59. The van der Waals surface area contributed by atoms with Crippen LogP contribution in [0.5, 0.6) is 0 Å². The molecule has 0 aliphatic carbocycles. The number of halogens is 1. The molecule has 2 aliphatic rings. The van der Waals surface area contributed by atoms with Gasteiger partial charge < -0.3 is 15.6 Å². The van der Waals surface area contributed by atoms with Gasteiger partial charge >= 0.3 is 0 Å². The molecule has 2 aliphatic heterocycles. The summed E-state index contributed by atoms with van der Waals surface area (Å²) in [4.78, 5) is 36.3. The molecule has 1 amide bonds. The predicted molar refractivity (Wildman–Crippen MR) is 114 cm³/mol. The maximum atomic E-state index is 15.0. The smallest absolute Gasteiger partial charge is 0.270 e. The number of hydrogen-bond donors (Lipinski definition) is 3. The Hall–Kier alpha value is -3.30. The number of benzene rings is 1. The first-order chi connectivity index (χ1) is 15.0. The van der Waals surface area contributed by atoms with Crippen LogP contribution in [0.25, 0.3) is 11.0 Å². The maximum Gasteiger partial charge on any atom is 0.270 e. The highest BCUT2D eigenvalue weighted by atomic mass is 19.1. The number of fused-ring (bicyclic) bond motifs is 1. The van der Waals surface area contributed by atoms with Gasteiger partial charge in [0.1, 0.15) is 11.2 Å². The number of hydroxylamine groups is 2. The van der Waals surface area contributed by atoms with Crippen molar-refractivity contribution < 1.29 is 14.0 Å². The van der Waals surface area contributed by atoms with Gasteiger partial charge in [0.05, 0.1) is 30.3 Å². The van der Waals surface area contributed by atoms with Crippen LogP contribution in [0.2, 0.25) is 0 Å². The van der Waals surface area contributed by atoms with Crippen molar-refractivity contribution >= 4 is 16.9 Å². The van der Waals surface area contributed by atoms with Crippen molar-refractivity contribution in [3.8, 4) is 0 Å². The molecule has 0 saturated heterocycles. The van der Waals surface area contributed by atoms with Gasteiger partial charge in [0.25, 0.3) is 11.5 Å². The number of nitrogens with zero attached hydrogens (tertiary/aromatic N) is 2. The Morgan fingerprint density at radius 1 is 1.42 bits per heavy atom. The van der Waals surface area contributed by atoms with Crippen LogP contribution in [-0.2, 0) is 22.6 Å². The van der Waals surface area contributed by atoms with Gasteiger partial charge in [-0.2, -0.15) is 5.06 Å². The number of amides is 1. The van der Waals surface area contributed by atoms with E-state index in [4.69, 9.17) is 4.84 Å². The molecule has 9 heteroatoms. The number of carbonyl (C=O) groups is 1. The van der Waals surface area contributed by atoms with Gasteiger partial charge in [-0.25, -0.2) is 9.37 Å². The number of H-pyrrole nitrogens is 1. The first kappa shape index (κ1) is 21.0. The van der Waals surface area contributed by atoms with Gasteiger partial charge in [0, 0.05) is 25.4 Å². The van der Waals surface area contributed by atoms with Crippen molar-refractivity contribution in [2.45, 2.75) is 25.9 Å². The summed E-state index contributed by atoms with van der Waals surface area (Å²) in [6, 6.07) is 3.32. The second-order valence-corrected chi connectivity index (χ2v) is 7.36. The van der Waals surface area contributed by atoms with Crippen molar-refractivity contribution in [1.29, 1.82) is 0 Å². The van der Waals surface area contributed by atoms with Crippen molar-refractivity contribution in [3.63, 3.8) is 0 Å². The van der Waals surface area contributed by atoms with E-state index in [1.54, 1.807) is 36.5 Å². The van der Waals surface area contributed by atoms with Crippen LogP contribution in [0.4, 0.5) is 4.39 Å². The summed E-state index contributed by atoms with van der Waals surface area (Å²) in [5.74, 6) is -0.644. The van der Waals surface area contributed by atoms with Crippen molar-refractivity contribution in [1.82, 2.24) is 25.7 Å². The molecule has 0 bridgehead atoms. The lowest BCUT2D eigenvalue weighted by atomic mass is 10.0. The molecular formula is C22H24FN5O3. The molecule has 4 rings (SSSR count). The molecule has 8 nitrogen and oxygen atoms in total. The van der Waals surface area contributed by atoms with E-state index < -0.39 is 5.82 Å². The van der Waals surface area contributed by atoms with Crippen molar-refractivity contribution in [3.05, 3.63) is 75.1 Å². The number of nitrogens with one attached hydrogen (secondary N) is 3. The third-order valence-electron chi connectivity index (χ3n) is 5.38. The Labute approximate surface area is 178 Å². The summed E-state index contributed by atoms with van der Waals surface area (Å²) in [6.07, 6.45) is 7.88. The molecule has 0 spiro atoms. The molecule has 1 aromatic heterocycles. The van der Waals surface area contributed by atoms with E-state index in [1.165, 1.54) is 0 Å². The number of likely N-dealkylation sites (N-methyl/N-ethyl adjacent to an activating group) is 1. The van der Waals surface area contributed by atoms with E-state index in [1.807, 2.05) is 19.1 Å². The van der Waals surface area contributed by atoms with Crippen LogP contribution in [0.1, 0.15) is 18.2 Å². The summed E-state index contributed by atoms with van der Waals surface area (Å²) in [5.41, 5.74) is 2.57. The monoisotopic (exact) mass is 425 g/mol. The minimum Gasteiger partial charge on any atom is -0.380 e. The zero-order chi connectivity index (χ0) is 22.0. The number of hydrogen-bond acceptors (Lipinski definition) is 6. The average molecular weight is 425 g/mol. The van der Waals surface area contributed by atoms with Crippen LogP contribution in [0, 0.1) is 5.82 Å². The molecule has 162 valence electrons. The fourth-order valence-corrected chi connectivity index (χ4v) is 3.58. The lowest BCUT2D eigenvalue weighted by molar-refractivity contribution is -0.158. The minimum absolute atomic E-state index is 0.0585. The zero-order valence-corrected chi connectivity index (χ0v) is 17.4. The van der Waals surface area contributed by atoms with E-state index in [0.717, 1.165) is 5.57 Å². The molecule has 2 aromatic rings. The first-order valence-corrected chi connectivity index (χ1v) is 10.1. The fraction of sp³-hybridized carbons (Fsp3) is 0.318. The summed E-state index contributed by atoms with van der Waals surface area (Å²) in [5, 5.41) is 7.43. The van der Waals surface area contributed by atoms with Crippen LogP contribution in [0.3, 0.4) is 0 Å². The molecule has 0 fully saturated rings. The predicted octanol–water partition coefficient (Wildman–Crippen LogP) is 1.46. The Balaban J connectivity index is 1.44. The van der Waals surface area contributed by atoms with Gasteiger partial charge in [-0.15, -0.1) is 0 Å².